The van der Waals surface area contributed by atoms with Gasteiger partial charge in [0.25, 0.3) is 15.9 Å². The summed E-state index contributed by atoms with van der Waals surface area (Å²) in [4.78, 5) is 42.6. The molecule has 1 saturated heterocycles. The monoisotopic (exact) mass is 512 g/mol. The molecule has 1 aliphatic heterocycles. The van der Waals surface area contributed by atoms with Crippen molar-refractivity contribution in [3.8, 4) is 0 Å². The number of pyridine rings is 1. The van der Waals surface area contributed by atoms with Gasteiger partial charge < -0.3 is 15.1 Å². The van der Waals surface area contributed by atoms with Crippen LogP contribution in [0.4, 0.5) is 0 Å². The van der Waals surface area contributed by atoms with Gasteiger partial charge in [0.05, 0.1) is 12.6 Å². The molecule has 4 rings (SSSR count). The van der Waals surface area contributed by atoms with Gasteiger partial charge >= 0.3 is 0 Å². The maximum Gasteiger partial charge on any atom is 0.287 e. The van der Waals surface area contributed by atoms with Crippen LogP contribution in [0, 0.1) is 0 Å². The van der Waals surface area contributed by atoms with Crippen LogP contribution in [0.5, 0.6) is 0 Å². The van der Waals surface area contributed by atoms with Gasteiger partial charge in [-0.05, 0) is 43.5 Å². The number of aromatic nitrogens is 1. The molecule has 1 fully saturated rings. The number of benzene rings is 1. The van der Waals surface area contributed by atoms with Crippen LogP contribution in [0.3, 0.4) is 0 Å². The van der Waals surface area contributed by atoms with Gasteiger partial charge in [-0.25, -0.2) is 13.4 Å². The van der Waals surface area contributed by atoms with E-state index in [9.17, 15) is 22.8 Å². The molecule has 1 aliphatic rings. The minimum Gasteiger partial charge on any atom is -0.451 e. The van der Waals surface area contributed by atoms with Gasteiger partial charge in [0, 0.05) is 18.1 Å². The Kier molecular flexibility index (Phi) is 7.80. The molecule has 0 spiro atoms. The number of rotatable bonds is 8. The van der Waals surface area contributed by atoms with Crippen LogP contribution in [0.2, 0.25) is 0 Å². The summed E-state index contributed by atoms with van der Waals surface area (Å²) in [5, 5.41) is 6.06. The molecule has 0 saturated carbocycles. The first-order valence-electron chi connectivity index (χ1n) is 11.8. The largest absolute Gasteiger partial charge is 0.451 e. The van der Waals surface area contributed by atoms with Gasteiger partial charge in [0.15, 0.2) is 16.6 Å². The fourth-order valence-corrected chi connectivity index (χ4v) is 5.51. The van der Waals surface area contributed by atoms with E-state index in [0.29, 0.717) is 24.8 Å². The highest BCUT2D eigenvalue weighted by Gasteiger charge is 2.34. The number of para-hydroxylation sites is 1. The first kappa shape index (κ1) is 25.5. The minimum absolute atomic E-state index is 0.0889. The fraction of sp³-hybridized carbons (Fsp3) is 0.360. The SMILES string of the molecule is CCC[C@H](NC(=O)c1cc2ccccc2o1)C(=O)NC1CCCN(S(=O)(=O)c2ccccn2)CC1=O. The Labute approximate surface area is 209 Å². The number of amides is 2. The number of ketones is 1. The molecule has 2 N–H and O–H groups in total. The third kappa shape index (κ3) is 5.63. The lowest BCUT2D eigenvalue weighted by Gasteiger charge is -2.22. The van der Waals surface area contributed by atoms with Crippen LogP contribution in [0.15, 0.2) is 64.2 Å². The molecule has 10 nitrogen and oxygen atoms in total. The Bertz CT molecular complexity index is 1320. The number of carbonyl (C=O) groups excluding carboxylic acids is 3. The molecule has 0 aliphatic carbocycles. The molecule has 3 aromatic rings. The van der Waals surface area contributed by atoms with Crippen molar-refractivity contribution in [3.05, 3.63) is 60.5 Å². The van der Waals surface area contributed by atoms with E-state index in [4.69, 9.17) is 4.42 Å². The summed E-state index contributed by atoms with van der Waals surface area (Å²) in [6, 6.07) is 11.6. The maximum absolute atomic E-state index is 13.0. The van der Waals surface area contributed by atoms with Gasteiger partial charge in [0.2, 0.25) is 5.91 Å². The van der Waals surface area contributed by atoms with Crippen molar-refractivity contribution in [2.24, 2.45) is 0 Å². The number of sulfonamides is 1. The highest BCUT2D eigenvalue weighted by molar-refractivity contribution is 7.89. The third-order valence-corrected chi connectivity index (χ3v) is 7.79. The zero-order valence-electron chi connectivity index (χ0n) is 19.8. The highest BCUT2D eigenvalue weighted by atomic mass is 32.2. The zero-order chi connectivity index (χ0) is 25.7. The van der Waals surface area contributed by atoms with Gasteiger partial charge in [-0.15, -0.1) is 0 Å². The molecule has 1 aromatic carbocycles. The molecule has 2 atom stereocenters. The second-order valence-electron chi connectivity index (χ2n) is 8.64. The van der Waals surface area contributed by atoms with Crippen LogP contribution in [-0.4, -0.2) is 60.5 Å². The predicted octanol–water partition coefficient (Wildman–Crippen LogP) is 2.26. The lowest BCUT2D eigenvalue weighted by molar-refractivity contribution is -0.128. The number of hydrogen-bond acceptors (Lipinski definition) is 7. The van der Waals surface area contributed by atoms with Crippen molar-refractivity contribution in [2.75, 3.05) is 13.1 Å². The Morgan fingerprint density at radius 3 is 2.69 bits per heavy atom. The van der Waals surface area contributed by atoms with Crippen molar-refractivity contribution < 1.29 is 27.2 Å². The second-order valence-corrected chi connectivity index (χ2v) is 10.5. The van der Waals surface area contributed by atoms with Gasteiger partial charge in [-0.1, -0.05) is 37.6 Å². The Balaban J connectivity index is 1.42. The lowest BCUT2D eigenvalue weighted by Crippen LogP contribution is -2.52. The van der Waals surface area contributed by atoms with Crippen LogP contribution in [0.1, 0.15) is 43.2 Å². The zero-order valence-corrected chi connectivity index (χ0v) is 20.7. The average molecular weight is 513 g/mol. The molecule has 11 heteroatoms. The Morgan fingerprint density at radius 2 is 1.97 bits per heavy atom. The predicted molar refractivity (Wildman–Crippen MR) is 132 cm³/mol. The molecular formula is C25H28N4O6S. The van der Waals surface area contributed by atoms with E-state index in [1.165, 1.54) is 12.3 Å². The summed E-state index contributed by atoms with van der Waals surface area (Å²) in [7, 11) is -3.93. The lowest BCUT2D eigenvalue weighted by atomic mass is 10.1. The van der Waals surface area contributed by atoms with E-state index < -0.39 is 39.7 Å². The van der Waals surface area contributed by atoms with Crippen molar-refractivity contribution in [2.45, 2.75) is 49.7 Å². The third-order valence-electron chi connectivity index (χ3n) is 6.03. The van der Waals surface area contributed by atoms with Crippen LogP contribution >= 0.6 is 0 Å². The highest BCUT2D eigenvalue weighted by Crippen LogP contribution is 2.20. The smallest absolute Gasteiger partial charge is 0.287 e. The van der Waals surface area contributed by atoms with E-state index in [0.717, 1.165) is 9.69 Å². The van der Waals surface area contributed by atoms with Gasteiger partial charge in [-0.3, -0.25) is 14.4 Å². The Morgan fingerprint density at radius 1 is 1.19 bits per heavy atom. The summed E-state index contributed by atoms with van der Waals surface area (Å²) in [5.74, 6) is -1.36. The molecule has 1 unspecified atom stereocenters. The first-order valence-corrected chi connectivity index (χ1v) is 13.3. The maximum atomic E-state index is 13.0. The van der Waals surface area contributed by atoms with Crippen molar-refractivity contribution >= 4 is 38.6 Å². The summed E-state index contributed by atoms with van der Waals surface area (Å²) in [6.45, 7) is 1.65. The van der Waals surface area contributed by atoms with Crippen LogP contribution < -0.4 is 10.6 Å². The van der Waals surface area contributed by atoms with Crippen LogP contribution in [-0.2, 0) is 19.6 Å². The number of nitrogens with one attached hydrogen (secondary N) is 2. The number of fused-ring (bicyclic) bond motifs is 1. The van der Waals surface area contributed by atoms with Crippen molar-refractivity contribution in [1.29, 1.82) is 0 Å². The molecule has 36 heavy (non-hydrogen) atoms. The molecule has 2 amide bonds. The fourth-order valence-electron chi connectivity index (χ4n) is 4.14. The molecule has 3 heterocycles. The normalized spacial score (nSPS) is 17.9. The van der Waals surface area contributed by atoms with E-state index in [1.807, 2.05) is 19.1 Å². The molecule has 2 aromatic heterocycles. The van der Waals surface area contributed by atoms with E-state index in [1.54, 1.807) is 30.3 Å². The van der Waals surface area contributed by atoms with Crippen molar-refractivity contribution in [3.63, 3.8) is 0 Å². The quantitative estimate of drug-likeness (QED) is 0.472. The van der Waals surface area contributed by atoms with Crippen molar-refractivity contribution in [1.82, 2.24) is 19.9 Å². The summed E-state index contributed by atoms with van der Waals surface area (Å²) >= 11 is 0. The molecular weight excluding hydrogens is 484 g/mol. The number of nitrogens with zero attached hydrogens (tertiary/aromatic N) is 2. The van der Waals surface area contributed by atoms with E-state index >= 15 is 0 Å². The number of hydrogen-bond donors (Lipinski definition) is 2. The summed E-state index contributed by atoms with van der Waals surface area (Å²) in [5.41, 5.74) is 0.563. The van der Waals surface area contributed by atoms with Gasteiger partial charge in [0.1, 0.15) is 11.6 Å². The Hall–Kier alpha value is -3.57. The first-order chi connectivity index (χ1) is 17.3. The summed E-state index contributed by atoms with van der Waals surface area (Å²) in [6.07, 6.45) is 3.02. The minimum atomic E-state index is -3.93. The van der Waals surface area contributed by atoms with E-state index in [2.05, 4.69) is 15.6 Å². The number of carbonyl (C=O) groups is 3. The average Bonchev–Trinajstić information content (AvgIpc) is 3.23. The van der Waals surface area contributed by atoms with E-state index in [-0.39, 0.29) is 30.3 Å². The van der Waals surface area contributed by atoms with Crippen LogP contribution in [0.25, 0.3) is 11.0 Å². The molecule has 190 valence electrons. The second kappa shape index (κ2) is 11.0. The standard InChI is InChI=1S/C25H28N4O6S/c1-2-8-19(28-25(32)22-15-17-9-3-4-11-21(17)35-22)24(31)27-18-10-7-14-29(16-20(18)30)36(33,34)23-12-5-6-13-26-23/h3-6,9,11-13,15,18-19H,2,7-8,10,14,16H2,1H3,(H,27,31)(H,28,32)/t18?,19-/m0/s1. The van der Waals surface area contributed by atoms with Gasteiger partial charge in [-0.2, -0.15) is 4.31 Å². The summed E-state index contributed by atoms with van der Waals surface area (Å²) < 4.78 is 32.5. The number of Topliss-reactive ketones (excluding diaryl/α,β-unsaturated/α-hetero) is 1. The molecule has 0 bridgehead atoms. The topological polar surface area (TPSA) is 139 Å². The molecule has 0 radical (unpaired) electrons. The number of furan rings is 1.